The number of urea groups is 1. The molecule has 0 saturated carbocycles. The number of fused-ring (bicyclic) bond motifs is 1. The number of hydrogen-bond acceptors (Lipinski definition) is 3. The second-order valence-electron chi connectivity index (χ2n) is 6.48. The zero-order chi connectivity index (χ0) is 19.2. The van der Waals surface area contributed by atoms with Crippen LogP contribution in [0.4, 0.5) is 10.5 Å². The Labute approximate surface area is 166 Å². The molecule has 1 saturated heterocycles. The maximum Gasteiger partial charge on any atom is 0.332 e. The zero-order valence-electron chi connectivity index (χ0n) is 14.4. The van der Waals surface area contributed by atoms with E-state index in [2.05, 4.69) is 0 Å². The molecular weight excluding hydrogens is 387 g/mol. The largest absolute Gasteiger partial charge is 0.368 e. The summed E-state index contributed by atoms with van der Waals surface area (Å²) in [6, 6.07) is 13.1. The number of hydrogen-bond donors (Lipinski definition) is 0. The number of methoxy groups -OCH3 is 1. The lowest BCUT2D eigenvalue weighted by molar-refractivity contribution is -0.119. The number of halogens is 2. The Balaban J connectivity index is 1.72. The first kappa shape index (κ1) is 18.0. The monoisotopic (exact) mass is 402 g/mol. The van der Waals surface area contributed by atoms with Crippen molar-refractivity contribution in [3.63, 3.8) is 0 Å². The Kier molecular flexibility index (Phi) is 4.46. The van der Waals surface area contributed by atoms with E-state index in [-0.39, 0.29) is 12.5 Å². The highest BCUT2D eigenvalue weighted by molar-refractivity contribution is 6.35. The van der Waals surface area contributed by atoms with Crippen molar-refractivity contribution in [2.24, 2.45) is 0 Å². The first-order chi connectivity index (χ1) is 12.9. The van der Waals surface area contributed by atoms with Crippen LogP contribution in [0, 0.1) is 0 Å². The third-order valence-electron chi connectivity index (χ3n) is 4.93. The number of amides is 3. The number of carbonyl (C=O) groups is 2. The fraction of sp³-hybridized carbons (Fsp3) is 0.200. The van der Waals surface area contributed by atoms with Gasteiger partial charge < -0.3 is 9.64 Å². The highest BCUT2D eigenvalue weighted by Gasteiger charge is 2.50. The van der Waals surface area contributed by atoms with Crippen LogP contribution >= 0.6 is 23.2 Å². The minimum atomic E-state index is -0.810. The van der Waals surface area contributed by atoms with E-state index < -0.39 is 17.7 Å². The van der Waals surface area contributed by atoms with Crippen molar-refractivity contribution in [2.45, 2.75) is 11.6 Å². The van der Waals surface area contributed by atoms with Crippen LogP contribution in [-0.4, -0.2) is 36.5 Å². The normalized spacial score (nSPS) is 24.5. The molecule has 4 rings (SSSR count). The molecule has 2 unspecified atom stereocenters. The van der Waals surface area contributed by atoms with Gasteiger partial charge in [-0.25, -0.2) is 9.69 Å². The number of benzene rings is 2. The van der Waals surface area contributed by atoms with Gasteiger partial charge in [-0.15, -0.1) is 0 Å². The van der Waals surface area contributed by atoms with Crippen molar-refractivity contribution in [2.75, 3.05) is 18.6 Å². The SMILES string of the molecule is COC1(c2ccccc2)C=CC2C(=O)N(c3cc(Cl)cc(Cl)c3)C(=O)N2C1. The van der Waals surface area contributed by atoms with Gasteiger partial charge in [-0.2, -0.15) is 0 Å². The van der Waals surface area contributed by atoms with Crippen molar-refractivity contribution in [3.05, 3.63) is 76.3 Å². The van der Waals surface area contributed by atoms with E-state index in [1.165, 1.54) is 4.90 Å². The molecule has 2 heterocycles. The van der Waals surface area contributed by atoms with Crippen molar-refractivity contribution >= 4 is 40.8 Å². The third-order valence-corrected chi connectivity index (χ3v) is 5.37. The van der Waals surface area contributed by atoms with Gasteiger partial charge in [0.05, 0.1) is 12.2 Å². The summed E-state index contributed by atoms with van der Waals surface area (Å²) in [5.74, 6) is -0.340. The van der Waals surface area contributed by atoms with E-state index >= 15 is 0 Å². The standard InChI is InChI=1S/C20H16Cl2N2O3/c1-27-20(13-5-3-2-4-6-13)8-7-17-18(25)24(19(26)23(17)12-20)16-10-14(21)9-15(22)11-16/h2-11,17H,12H2,1H3. The predicted molar refractivity (Wildman–Crippen MR) is 104 cm³/mol. The van der Waals surface area contributed by atoms with Crippen LogP contribution in [0.15, 0.2) is 60.7 Å². The highest BCUT2D eigenvalue weighted by atomic mass is 35.5. The van der Waals surface area contributed by atoms with Crippen LogP contribution in [0.3, 0.4) is 0 Å². The van der Waals surface area contributed by atoms with Gasteiger partial charge in [0, 0.05) is 17.2 Å². The molecule has 0 radical (unpaired) electrons. The molecule has 0 bridgehead atoms. The van der Waals surface area contributed by atoms with Gasteiger partial charge in [-0.1, -0.05) is 59.6 Å². The quantitative estimate of drug-likeness (QED) is 0.569. The summed E-state index contributed by atoms with van der Waals surface area (Å²) < 4.78 is 5.78. The van der Waals surface area contributed by atoms with E-state index in [0.29, 0.717) is 15.7 Å². The molecule has 2 aromatic rings. The van der Waals surface area contributed by atoms with Crippen molar-refractivity contribution in [1.82, 2.24) is 4.90 Å². The number of ether oxygens (including phenoxy) is 1. The van der Waals surface area contributed by atoms with Gasteiger partial charge in [0.1, 0.15) is 11.6 Å². The summed E-state index contributed by atoms with van der Waals surface area (Å²) in [6.07, 6.45) is 3.56. The average Bonchev–Trinajstić information content (AvgIpc) is 2.91. The molecule has 3 amide bonds. The number of carbonyl (C=O) groups excluding carboxylic acids is 2. The summed E-state index contributed by atoms with van der Waals surface area (Å²) in [5.41, 5.74) is 0.454. The van der Waals surface area contributed by atoms with E-state index in [1.54, 1.807) is 31.4 Å². The Bertz CT molecular complexity index is 927. The molecule has 0 aliphatic carbocycles. The minimum absolute atomic E-state index is 0.226. The molecule has 0 aromatic heterocycles. The molecule has 2 aromatic carbocycles. The zero-order valence-corrected chi connectivity index (χ0v) is 15.9. The topological polar surface area (TPSA) is 49.9 Å². The van der Waals surface area contributed by atoms with Gasteiger partial charge in [0.2, 0.25) is 0 Å². The third kappa shape index (κ3) is 2.92. The lowest BCUT2D eigenvalue weighted by atomic mass is 9.88. The van der Waals surface area contributed by atoms with Gasteiger partial charge in [0.25, 0.3) is 5.91 Å². The average molecular weight is 403 g/mol. The number of anilines is 1. The Morgan fingerprint density at radius 1 is 1.07 bits per heavy atom. The van der Waals surface area contributed by atoms with E-state index in [1.807, 2.05) is 36.4 Å². The molecule has 2 aliphatic rings. The molecule has 5 nitrogen and oxygen atoms in total. The molecule has 0 N–H and O–H groups in total. The van der Waals surface area contributed by atoms with Crippen LogP contribution in [-0.2, 0) is 15.1 Å². The smallest absolute Gasteiger partial charge is 0.332 e. The molecule has 7 heteroatoms. The molecule has 138 valence electrons. The lowest BCUT2D eigenvalue weighted by Crippen LogP contribution is -2.49. The Morgan fingerprint density at radius 2 is 1.74 bits per heavy atom. The van der Waals surface area contributed by atoms with Crippen LogP contribution in [0.2, 0.25) is 10.0 Å². The van der Waals surface area contributed by atoms with Gasteiger partial charge >= 0.3 is 6.03 Å². The van der Waals surface area contributed by atoms with Gasteiger partial charge in [-0.3, -0.25) is 4.79 Å². The van der Waals surface area contributed by atoms with E-state index in [9.17, 15) is 9.59 Å². The van der Waals surface area contributed by atoms with E-state index in [4.69, 9.17) is 27.9 Å². The molecule has 27 heavy (non-hydrogen) atoms. The second-order valence-corrected chi connectivity index (χ2v) is 7.35. The van der Waals surface area contributed by atoms with E-state index in [0.717, 1.165) is 10.5 Å². The summed E-state index contributed by atoms with van der Waals surface area (Å²) in [6.45, 7) is 0.226. The minimum Gasteiger partial charge on any atom is -0.368 e. The predicted octanol–water partition coefficient (Wildman–Crippen LogP) is 4.24. The Morgan fingerprint density at radius 3 is 2.37 bits per heavy atom. The number of rotatable bonds is 3. The fourth-order valence-electron chi connectivity index (χ4n) is 3.58. The summed E-state index contributed by atoms with van der Waals surface area (Å²) in [5, 5.41) is 0.711. The Hall–Kier alpha value is -2.34. The van der Waals surface area contributed by atoms with Crippen LogP contribution < -0.4 is 4.90 Å². The molecule has 1 fully saturated rings. The lowest BCUT2D eigenvalue weighted by Gasteiger charge is -2.38. The molecule has 0 spiro atoms. The van der Waals surface area contributed by atoms with Crippen molar-refractivity contribution in [1.29, 1.82) is 0 Å². The van der Waals surface area contributed by atoms with Gasteiger partial charge in [0.15, 0.2) is 0 Å². The second kappa shape index (κ2) is 6.68. The maximum absolute atomic E-state index is 13.1. The highest BCUT2D eigenvalue weighted by Crippen LogP contribution is 2.38. The molecular formula is C20H16Cl2N2O3. The summed E-state index contributed by atoms with van der Waals surface area (Å²) in [7, 11) is 1.59. The van der Waals surface area contributed by atoms with Crippen LogP contribution in [0.25, 0.3) is 0 Å². The first-order valence-corrected chi connectivity index (χ1v) is 9.11. The fourth-order valence-corrected chi connectivity index (χ4v) is 4.09. The summed E-state index contributed by atoms with van der Waals surface area (Å²) >= 11 is 12.1. The first-order valence-electron chi connectivity index (χ1n) is 8.36. The summed E-state index contributed by atoms with van der Waals surface area (Å²) in [4.78, 5) is 28.6. The molecule has 2 aliphatic heterocycles. The number of imide groups is 1. The van der Waals surface area contributed by atoms with Crippen LogP contribution in [0.1, 0.15) is 5.56 Å². The van der Waals surface area contributed by atoms with Crippen LogP contribution in [0.5, 0.6) is 0 Å². The number of nitrogens with zero attached hydrogens (tertiary/aromatic N) is 2. The maximum atomic E-state index is 13.1. The van der Waals surface area contributed by atoms with Gasteiger partial charge in [-0.05, 0) is 29.8 Å². The van der Waals surface area contributed by atoms with Crippen molar-refractivity contribution < 1.29 is 14.3 Å². The molecule has 2 atom stereocenters. The van der Waals surface area contributed by atoms with Crippen molar-refractivity contribution in [3.8, 4) is 0 Å².